The molecule has 0 N–H and O–H groups in total. The molecule has 2 nitrogen and oxygen atoms in total. The monoisotopic (exact) mass is 248 g/mol. The van der Waals surface area contributed by atoms with E-state index in [1.54, 1.807) is 12.1 Å². The second-order valence-electron chi connectivity index (χ2n) is 6.58. The molecule has 0 aliphatic carbocycles. The Balaban J connectivity index is 2.58. The molecule has 0 heterocycles. The fourth-order valence-electron chi connectivity index (χ4n) is 1.61. The molecule has 0 aliphatic heterocycles. The third-order valence-corrected chi connectivity index (χ3v) is 2.86. The number of benzene rings is 1. The fraction of sp³-hybridized carbons (Fsp3) is 0.562. The molecule has 1 rings (SSSR count). The molecule has 1 aromatic rings. The summed E-state index contributed by atoms with van der Waals surface area (Å²) >= 11 is 0. The van der Waals surface area contributed by atoms with E-state index in [4.69, 9.17) is 4.74 Å². The van der Waals surface area contributed by atoms with E-state index in [0.29, 0.717) is 5.56 Å². The topological polar surface area (TPSA) is 26.3 Å². The van der Waals surface area contributed by atoms with Gasteiger partial charge in [-0.3, -0.25) is 0 Å². The first kappa shape index (κ1) is 14.7. The van der Waals surface area contributed by atoms with Gasteiger partial charge in [0.15, 0.2) is 0 Å². The molecule has 0 unspecified atom stereocenters. The van der Waals surface area contributed by atoms with Gasteiger partial charge in [-0.15, -0.1) is 0 Å². The molecule has 0 atom stereocenters. The van der Waals surface area contributed by atoms with Crippen molar-refractivity contribution in [2.24, 2.45) is 5.41 Å². The zero-order valence-corrected chi connectivity index (χ0v) is 12.1. The van der Waals surface area contributed by atoms with Crippen LogP contribution in [0.2, 0.25) is 0 Å². The molecule has 0 radical (unpaired) electrons. The molecular formula is C16H24O2. The minimum Gasteiger partial charge on any atom is -0.456 e. The normalized spacial score (nSPS) is 12.3. The lowest BCUT2D eigenvalue weighted by atomic mass is 9.86. The molecule has 0 aliphatic rings. The number of rotatable bonds is 4. The minimum atomic E-state index is -0.416. The number of carbonyl (C=O) groups excluding carboxylic acids is 1. The van der Waals surface area contributed by atoms with E-state index in [0.717, 1.165) is 12.8 Å². The Morgan fingerprint density at radius 2 is 1.56 bits per heavy atom. The Kier molecular flexibility index (Phi) is 4.55. The van der Waals surface area contributed by atoms with Crippen molar-refractivity contribution in [3.8, 4) is 0 Å². The highest BCUT2D eigenvalue weighted by Crippen LogP contribution is 2.27. The van der Waals surface area contributed by atoms with Gasteiger partial charge in [-0.2, -0.15) is 0 Å². The molecule has 0 fully saturated rings. The van der Waals surface area contributed by atoms with Gasteiger partial charge in [0.2, 0.25) is 0 Å². The zero-order chi connectivity index (χ0) is 13.8. The van der Waals surface area contributed by atoms with Gasteiger partial charge in [0, 0.05) is 0 Å². The maximum Gasteiger partial charge on any atom is 0.338 e. The van der Waals surface area contributed by atoms with Crippen molar-refractivity contribution in [3.63, 3.8) is 0 Å². The molecule has 2 heteroatoms. The number of ether oxygens (including phenoxy) is 1. The highest BCUT2D eigenvalue weighted by atomic mass is 16.6. The second kappa shape index (κ2) is 5.55. The van der Waals surface area contributed by atoms with Crippen molar-refractivity contribution < 1.29 is 9.53 Å². The Bertz CT molecular complexity index is 385. The van der Waals surface area contributed by atoms with Crippen LogP contribution in [-0.2, 0) is 4.74 Å². The van der Waals surface area contributed by atoms with Crippen molar-refractivity contribution in [3.05, 3.63) is 35.9 Å². The molecule has 0 saturated heterocycles. The maximum absolute atomic E-state index is 12.0. The molecular weight excluding hydrogens is 224 g/mol. The van der Waals surface area contributed by atoms with Gasteiger partial charge in [0.25, 0.3) is 0 Å². The summed E-state index contributed by atoms with van der Waals surface area (Å²) in [6, 6.07) is 9.14. The Morgan fingerprint density at radius 3 is 2.06 bits per heavy atom. The van der Waals surface area contributed by atoms with Crippen molar-refractivity contribution >= 4 is 5.97 Å². The van der Waals surface area contributed by atoms with Gasteiger partial charge >= 0.3 is 5.97 Å². The molecule has 18 heavy (non-hydrogen) atoms. The predicted molar refractivity (Wildman–Crippen MR) is 74.6 cm³/mol. The SMILES string of the molecule is CC(C)(C)CCC(C)(C)OC(=O)c1ccccc1. The third kappa shape index (κ3) is 5.35. The van der Waals surface area contributed by atoms with Crippen LogP contribution in [0.15, 0.2) is 30.3 Å². The van der Waals surface area contributed by atoms with E-state index in [9.17, 15) is 4.79 Å². The van der Waals surface area contributed by atoms with Crippen LogP contribution in [0, 0.1) is 5.41 Å². The van der Waals surface area contributed by atoms with Gasteiger partial charge in [0.1, 0.15) is 5.60 Å². The molecule has 0 amide bonds. The number of hydrogen-bond acceptors (Lipinski definition) is 2. The van der Waals surface area contributed by atoms with Gasteiger partial charge in [0.05, 0.1) is 5.56 Å². The number of esters is 1. The Labute approximate surface area is 110 Å². The zero-order valence-electron chi connectivity index (χ0n) is 12.1. The van der Waals surface area contributed by atoms with E-state index in [1.807, 2.05) is 32.0 Å². The summed E-state index contributed by atoms with van der Waals surface area (Å²) < 4.78 is 5.58. The van der Waals surface area contributed by atoms with Gasteiger partial charge in [-0.05, 0) is 44.2 Å². The number of hydrogen-bond donors (Lipinski definition) is 0. The van der Waals surface area contributed by atoms with Crippen LogP contribution in [0.3, 0.4) is 0 Å². The highest BCUT2D eigenvalue weighted by molar-refractivity contribution is 5.89. The summed E-state index contributed by atoms with van der Waals surface area (Å²) in [7, 11) is 0. The molecule has 100 valence electrons. The molecule has 1 aromatic carbocycles. The van der Waals surface area contributed by atoms with Crippen LogP contribution >= 0.6 is 0 Å². The lowest BCUT2D eigenvalue weighted by Crippen LogP contribution is -2.29. The van der Waals surface area contributed by atoms with Gasteiger partial charge in [-0.25, -0.2) is 4.79 Å². The van der Waals surface area contributed by atoms with Crippen LogP contribution in [0.1, 0.15) is 57.8 Å². The van der Waals surface area contributed by atoms with Crippen molar-refractivity contribution in [2.75, 3.05) is 0 Å². The van der Waals surface area contributed by atoms with E-state index in [1.165, 1.54) is 0 Å². The summed E-state index contributed by atoms with van der Waals surface area (Å²) in [6.07, 6.45) is 1.90. The average Bonchev–Trinajstić information content (AvgIpc) is 2.26. The molecule has 0 bridgehead atoms. The minimum absolute atomic E-state index is 0.241. The van der Waals surface area contributed by atoms with E-state index >= 15 is 0 Å². The summed E-state index contributed by atoms with van der Waals surface area (Å²) in [4.78, 5) is 12.0. The van der Waals surface area contributed by atoms with Crippen LogP contribution < -0.4 is 0 Å². The predicted octanol–water partition coefficient (Wildman–Crippen LogP) is 4.45. The third-order valence-electron chi connectivity index (χ3n) is 2.86. The van der Waals surface area contributed by atoms with Crippen molar-refractivity contribution in [1.29, 1.82) is 0 Å². The Hall–Kier alpha value is -1.31. The van der Waals surface area contributed by atoms with Crippen LogP contribution in [0.4, 0.5) is 0 Å². The first-order valence-electron chi connectivity index (χ1n) is 6.48. The quantitative estimate of drug-likeness (QED) is 0.736. The van der Waals surface area contributed by atoms with Gasteiger partial charge in [-0.1, -0.05) is 39.0 Å². The summed E-state index contributed by atoms with van der Waals surface area (Å²) in [6.45, 7) is 10.5. The summed E-state index contributed by atoms with van der Waals surface area (Å²) in [5.74, 6) is -0.241. The second-order valence-corrected chi connectivity index (χ2v) is 6.58. The molecule has 0 aromatic heterocycles. The van der Waals surface area contributed by atoms with Crippen molar-refractivity contribution in [1.82, 2.24) is 0 Å². The van der Waals surface area contributed by atoms with Crippen LogP contribution in [-0.4, -0.2) is 11.6 Å². The molecule has 0 spiro atoms. The lowest BCUT2D eigenvalue weighted by molar-refractivity contribution is -0.00878. The first-order chi connectivity index (χ1) is 8.20. The lowest BCUT2D eigenvalue weighted by Gasteiger charge is -2.29. The van der Waals surface area contributed by atoms with Crippen LogP contribution in [0.25, 0.3) is 0 Å². The van der Waals surface area contributed by atoms with E-state index in [2.05, 4.69) is 20.8 Å². The standard InChI is InChI=1S/C16H24O2/c1-15(2,3)11-12-16(4,5)18-14(17)13-9-7-6-8-10-13/h6-10H,11-12H2,1-5H3. The van der Waals surface area contributed by atoms with Crippen LogP contribution in [0.5, 0.6) is 0 Å². The largest absolute Gasteiger partial charge is 0.456 e. The maximum atomic E-state index is 12.0. The summed E-state index contributed by atoms with van der Waals surface area (Å²) in [5.41, 5.74) is 0.456. The van der Waals surface area contributed by atoms with Crippen molar-refractivity contribution in [2.45, 2.75) is 53.1 Å². The fourth-order valence-corrected chi connectivity index (χ4v) is 1.61. The number of carbonyl (C=O) groups is 1. The van der Waals surface area contributed by atoms with E-state index < -0.39 is 5.60 Å². The van der Waals surface area contributed by atoms with Gasteiger partial charge < -0.3 is 4.74 Å². The summed E-state index contributed by atoms with van der Waals surface area (Å²) in [5, 5.41) is 0. The highest BCUT2D eigenvalue weighted by Gasteiger charge is 2.25. The smallest absolute Gasteiger partial charge is 0.338 e. The first-order valence-corrected chi connectivity index (χ1v) is 6.48. The van der Waals surface area contributed by atoms with E-state index in [-0.39, 0.29) is 11.4 Å². The Morgan fingerprint density at radius 1 is 1.00 bits per heavy atom. The average molecular weight is 248 g/mol. The molecule has 0 saturated carbocycles.